The van der Waals surface area contributed by atoms with Gasteiger partial charge >= 0.3 is 17.9 Å². The first-order chi connectivity index (χ1) is 14.0. The zero-order chi connectivity index (χ0) is 21.8. The van der Waals surface area contributed by atoms with E-state index >= 15 is 0 Å². The molecule has 164 valence electrons. The number of rotatable bonds is 4. The fraction of sp³-hybridized carbons (Fsp3) is 0.682. The van der Waals surface area contributed by atoms with Crippen molar-refractivity contribution in [2.75, 3.05) is 6.61 Å². The van der Waals surface area contributed by atoms with E-state index in [-0.39, 0.29) is 24.4 Å². The van der Waals surface area contributed by atoms with Gasteiger partial charge in [-0.3, -0.25) is 4.79 Å². The molecule has 2 saturated heterocycles. The van der Waals surface area contributed by atoms with Crippen LogP contribution >= 0.6 is 0 Å². The van der Waals surface area contributed by atoms with Crippen molar-refractivity contribution in [3.8, 4) is 0 Å². The number of allylic oxidation sites excluding steroid dienone is 1. The Morgan fingerprint density at radius 1 is 1.17 bits per heavy atom. The third kappa shape index (κ3) is 3.90. The van der Waals surface area contributed by atoms with E-state index in [1.165, 1.54) is 13.0 Å². The fourth-order valence-electron chi connectivity index (χ4n) is 4.54. The lowest BCUT2D eigenvalue weighted by Crippen LogP contribution is -2.36. The molecule has 0 N–H and O–H groups in total. The normalized spacial score (nSPS) is 39.0. The summed E-state index contributed by atoms with van der Waals surface area (Å²) in [6.45, 7) is 8.60. The lowest BCUT2D eigenvalue weighted by molar-refractivity contribution is -0.143. The monoisotopic (exact) mass is 420 g/mol. The zero-order valence-electron chi connectivity index (χ0n) is 18.0. The third-order valence-corrected chi connectivity index (χ3v) is 6.31. The summed E-state index contributed by atoms with van der Waals surface area (Å²) < 4.78 is 28.5. The quantitative estimate of drug-likeness (QED) is 0.295. The Morgan fingerprint density at radius 2 is 1.90 bits per heavy atom. The van der Waals surface area contributed by atoms with Crippen LogP contribution in [0, 0.1) is 0 Å². The topological polar surface area (TPSA) is 104 Å². The van der Waals surface area contributed by atoms with Crippen LogP contribution in [0.3, 0.4) is 0 Å². The SMILES string of the molecule is CC(=O)OCC1=C2C(OC(=O)C=C(C)C)CC3(C)OC3CCC3(C)OC3C2OC1=O. The number of ether oxygens (including phenoxy) is 5. The number of esters is 3. The molecule has 3 heterocycles. The first kappa shape index (κ1) is 21.1. The summed E-state index contributed by atoms with van der Waals surface area (Å²) in [5, 5.41) is 0. The second kappa shape index (κ2) is 7.20. The van der Waals surface area contributed by atoms with Gasteiger partial charge in [0.15, 0.2) is 6.10 Å². The highest BCUT2D eigenvalue weighted by Gasteiger charge is 2.65. The maximum atomic E-state index is 12.7. The van der Waals surface area contributed by atoms with Gasteiger partial charge in [0.05, 0.1) is 22.9 Å². The van der Waals surface area contributed by atoms with Crippen LogP contribution in [0.5, 0.6) is 0 Å². The van der Waals surface area contributed by atoms with Gasteiger partial charge in [-0.05, 0) is 40.5 Å². The molecule has 0 spiro atoms. The molecule has 1 aliphatic carbocycles. The van der Waals surface area contributed by atoms with Crippen LogP contribution in [-0.4, -0.2) is 60.1 Å². The van der Waals surface area contributed by atoms with E-state index in [0.29, 0.717) is 12.0 Å². The van der Waals surface area contributed by atoms with Crippen molar-refractivity contribution in [2.24, 2.45) is 0 Å². The van der Waals surface area contributed by atoms with Gasteiger partial charge in [0.25, 0.3) is 0 Å². The lowest BCUT2D eigenvalue weighted by Gasteiger charge is -2.25. The van der Waals surface area contributed by atoms with Crippen LogP contribution in [0.25, 0.3) is 0 Å². The Labute approximate surface area is 175 Å². The van der Waals surface area contributed by atoms with Crippen molar-refractivity contribution in [1.29, 1.82) is 0 Å². The highest BCUT2D eigenvalue weighted by atomic mass is 16.7. The van der Waals surface area contributed by atoms with Crippen LogP contribution in [0.15, 0.2) is 22.8 Å². The van der Waals surface area contributed by atoms with Gasteiger partial charge in [-0.25, -0.2) is 9.59 Å². The molecule has 8 heteroatoms. The van der Waals surface area contributed by atoms with Crippen molar-refractivity contribution in [2.45, 2.75) is 89.5 Å². The predicted molar refractivity (Wildman–Crippen MR) is 103 cm³/mol. The average molecular weight is 420 g/mol. The van der Waals surface area contributed by atoms with Gasteiger partial charge in [-0.1, -0.05) is 5.57 Å². The summed E-state index contributed by atoms with van der Waals surface area (Å²) >= 11 is 0. The van der Waals surface area contributed by atoms with Gasteiger partial charge in [0.2, 0.25) is 0 Å². The molecule has 0 bridgehead atoms. The largest absolute Gasteiger partial charge is 0.461 e. The Bertz CT molecular complexity index is 853. The third-order valence-electron chi connectivity index (χ3n) is 6.31. The molecular formula is C22H28O8. The first-order valence-electron chi connectivity index (χ1n) is 10.3. The summed E-state index contributed by atoms with van der Waals surface area (Å²) in [6, 6.07) is 0. The smallest absolute Gasteiger partial charge is 0.338 e. The molecule has 6 unspecified atom stereocenters. The minimum Gasteiger partial charge on any atom is -0.461 e. The Hall–Kier alpha value is -2.19. The molecule has 0 amide bonds. The second-order valence-electron chi connectivity index (χ2n) is 9.20. The van der Waals surface area contributed by atoms with Crippen LogP contribution in [-0.2, 0) is 38.1 Å². The number of carbonyl (C=O) groups is 3. The molecular weight excluding hydrogens is 392 g/mol. The van der Waals surface area contributed by atoms with E-state index in [9.17, 15) is 14.4 Å². The molecule has 4 rings (SSSR count). The zero-order valence-corrected chi connectivity index (χ0v) is 18.0. The highest BCUT2D eigenvalue weighted by Crippen LogP contribution is 2.54. The van der Waals surface area contributed by atoms with Crippen molar-refractivity contribution < 1.29 is 38.1 Å². The van der Waals surface area contributed by atoms with E-state index < -0.39 is 41.3 Å². The van der Waals surface area contributed by atoms with Crippen molar-refractivity contribution in [3.05, 3.63) is 22.8 Å². The minimum atomic E-state index is -0.753. The summed E-state index contributed by atoms with van der Waals surface area (Å²) in [4.78, 5) is 36.5. The molecule has 0 aromatic rings. The molecule has 4 aliphatic rings. The standard InChI is InChI=1S/C22H28O8/c1-11(2)8-16(24)27-14-9-22(5)15(29-22)6-7-21(4)19(30-21)18-17(14)13(20(25)28-18)10-26-12(3)23/h8,14-15,18-19H,6-7,9-10H2,1-5H3. The fourth-order valence-corrected chi connectivity index (χ4v) is 4.54. The minimum absolute atomic E-state index is 0.0379. The Kier molecular flexibility index (Phi) is 5.05. The summed E-state index contributed by atoms with van der Waals surface area (Å²) in [5.74, 6) is -1.59. The van der Waals surface area contributed by atoms with E-state index in [2.05, 4.69) is 0 Å². The Balaban J connectivity index is 1.74. The first-order valence-corrected chi connectivity index (χ1v) is 10.3. The number of fused-ring (bicyclic) bond motifs is 4. The van der Waals surface area contributed by atoms with E-state index in [1.54, 1.807) is 13.8 Å². The van der Waals surface area contributed by atoms with Gasteiger partial charge in [0, 0.05) is 25.0 Å². The van der Waals surface area contributed by atoms with E-state index in [4.69, 9.17) is 23.7 Å². The molecule has 0 radical (unpaired) electrons. The maximum absolute atomic E-state index is 12.7. The molecule has 1 saturated carbocycles. The van der Waals surface area contributed by atoms with Crippen LogP contribution in [0.2, 0.25) is 0 Å². The summed E-state index contributed by atoms with van der Waals surface area (Å²) in [7, 11) is 0. The molecule has 8 nitrogen and oxygen atoms in total. The second-order valence-corrected chi connectivity index (χ2v) is 9.20. The van der Waals surface area contributed by atoms with Gasteiger partial charge in [0.1, 0.15) is 18.8 Å². The van der Waals surface area contributed by atoms with Crippen molar-refractivity contribution in [1.82, 2.24) is 0 Å². The summed E-state index contributed by atoms with van der Waals surface area (Å²) in [5.41, 5.74) is 0.622. The molecule has 3 fully saturated rings. The van der Waals surface area contributed by atoms with Crippen molar-refractivity contribution in [3.63, 3.8) is 0 Å². The highest BCUT2D eigenvalue weighted by molar-refractivity contribution is 5.93. The van der Waals surface area contributed by atoms with Crippen LogP contribution in [0.4, 0.5) is 0 Å². The molecule has 0 aromatic carbocycles. The van der Waals surface area contributed by atoms with Crippen LogP contribution < -0.4 is 0 Å². The van der Waals surface area contributed by atoms with Gasteiger partial charge in [-0.15, -0.1) is 0 Å². The van der Waals surface area contributed by atoms with Crippen LogP contribution in [0.1, 0.15) is 53.9 Å². The number of epoxide rings is 2. The number of hydrogen-bond acceptors (Lipinski definition) is 8. The van der Waals surface area contributed by atoms with Gasteiger partial charge in [-0.2, -0.15) is 0 Å². The molecule has 0 aromatic heterocycles. The van der Waals surface area contributed by atoms with E-state index in [1.807, 2.05) is 13.8 Å². The molecule has 30 heavy (non-hydrogen) atoms. The summed E-state index contributed by atoms with van der Waals surface area (Å²) in [6.07, 6.45) is 1.65. The van der Waals surface area contributed by atoms with Gasteiger partial charge < -0.3 is 23.7 Å². The Morgan fingerprint density at radius 3 is 2.57 bits per heavy atom. The van der Waals surface area contributed by atoms with E-state index in [0.717, 1.165) is 18.4 Å². The number of hydrogen-bond donors (Lipinski definition) is 0. The molecule has 6 atom stereocenters. The molecule has 3 aliphatic heterocycles. The lowest BCUT2D eigenvalue weighted by atomic mass is 9.83. The average Bonchev–Trinajstić information content (AvgIpc) is 3.44. The number of carbonyl (C=O) groups excluding carboxylic acids is 3. The predicted octanol–water partition coefficient (Wildman–Crippen LogP) is 2.15. The van der Waals surface area contributed by atoms with Crippen molar-refractivity contribution >= 4 is 17.9 Å². The maximum Gasteiger partial charge on any atom is 0.338 e.